The first-order chi connectivity index (χ1) is 9.36. The van der Waals surface area contributed by atoms with Crippen molar-refractivity contribution in [2.24, 2.45) is 0 Å². The van der Waals surface area contributed by atoms with E-state index in [2.05, 4.69) is 21.2 Å². The molecule has 0 fully saturated rings. The first kappa shape index (κ1) is 14.7. The smallest absolute Gasteiger partial charge is 0.399 e. The fourth-order valence-electron chi connectivity index (χ4n) is 1.74. The fraction of sp³-hybridized carbons (Fsp3) is 0.143. The van der Waals surface area contributed by atoms with Crippen molar-refractivity contribution in [3.8, 4) is 0 Å². The van der Waals surface area contributed by atoms with Gasteiger partial charge in [-0.2, -0.15) is 13.2 Å². The highest BCUT2D eigenvalue weighted by Crippen LogP contribution is 2.36. The van der Waals surface area contributed by atoms with Crippen LogP contribution >= 0.6 is 15.9 Å². The van der Waals surface area contributed by atoms with Crippen LogP contribution < -0.4 is 11.1 Å². The number of benzene rings is 2. The van der Waals surface area contributed by atoms with Gasteiger partial charge < -0.3 is 11.1 Å². The molecule has 2 aromatic rings. The molecule has 106 valence electrons. The van der Waals surface area contributed by atoms with E-state index in [4.69, 9.17) is 5.73 Å². The largest absolute Gasteiger partial charge is 0.418 e. The highest BCUT2D eigenvalue weighted by Gasteiger charge is 2.33. The molecule has 0 unspecified atom stereocenters. The molecule has 0 heterocycles. The zero-order valence-electron chi connectivity index (χ0n) is 10.3. The number of nitrogen functional groups attached to an aromatic ring is 1. The molecule has 0 amide bonds. The van der Waals surface area contributed by atoms with E-state index in [1.54, 1.807) is 24.3 Å². The van der Waals surface area contributed by atoms with Crippen LogP contribution in [-0.2, 0) is 12.7 Å². The van der Waals surface area contributed by atoms with Crippen molar-refractivity contribution in [2.45, 2.75) is 12.7 Å². The monoisotopic (exact) mass is 344 g/mol. The topological polar surface area (TPSA) is 38.0 Å². The third-order valence-corrected chi connectivity index (χ3v) is 3.24. The molecule has 2 nitrogen and oxygen atoms in total. The van der Waals surface area contributed by atoms with Gasteiger partial charge in [-0.1, -0.05) is 28.1 Å². The molecule has 3 N–H and O–H groups in total. The molecule has 0 saturated heterocycles. The predicted octanol–water partition coefficient (Wildman–Crippen LogP) is 4.66. The molecule has 0 radical (unpaired) electrons. The second-order valence-electron chi connectivity index (χ2n) is 4.28. The summed E-state index contributed by atoms with van der Waals surface area (Å²) in [6.07, 6.45) is -4.38. The standard InChI is InChI=1S/C14H12BrF3N2/c15-10-3-6-12(14(16,17)18)13(7-10)20-8-9-1-4-11(19)5-2-9/h1-7,20H,8,19H2. The molecule has 0 aliphatic heterocycles. The summed E-state index contributed by atoms with van der Waals surface area (Å²) in [6, 6.07) is 10.8. The van der Waals surface area contributed by atoms with Gasteiger partial charge in [-0.3, -0.25) is 0 Å². The van der Waals surface area contributed by atoms with Crippen LogP contribution in [0.5, 0.6) is 0 Å². The summed E-state index contributed by atoms with van der Waals surface area (Å²) in [6.45, 7) is 0.291. The Balaban J connectivity index is 2.20. The average molecular weight is 345 g/mol. The van der Waals surface area contributed by atoms with Crippen molar-refractivity contribution >= 4 is 27.3 Å². The van der Waals surface area contributed by atoms with Gasteiger partial charge in [0.05, 0.1) is 5.56 Å². The van der Waals surface area contributed by atoms with Gasteiger partial charge in [0.25, 0.3) is 0 Å². The average Bonchev–Trinajstić information content (AvgIpc) is 2.36. The second-order valence-corrected chi connectivity index (χ2v) is 5.20. The molecular formula is C14H12BrF3N2. The predicted molar refractivity (Wildman–Crippen MR) is 77.3 cm³/mol. The van der Waals surface area contributed by atoms with E-state index < -0.39 is 11.7 Å². The summed E-state index contributed by atoms with van der Waals surface area (Å²) in [5, 5.41) is 2.81. The van der Waals surface area contributed by atoms with Crippen molar-refractivity contribution in [2.75, 3.05) is 11.1 Å². The maximum atomic E-state index is 12.9. The van der Waals surface area contributed by atoms with Crippen LogP contribution in [0.4, 0.5) is 24.5 Å². The fourth-order valence-corrected chi connectivity index (χ4v) is 2.10. The van der Waals surface area contributed by atoms with Crippen molar-refractivity contribution < 1.29 is 13.2 Å². The van der Waals surface area contributed by atoms with Gasteiger partial charge >= 0.3 is 6.18 Å². The number of hydrogen-bond acceptors (Lipinski definition) is 2. The molecule has 0 aliphatic carbocycles. The molecule has 2 aromatic carbocycles. The van der Waals surface area contributed by atoms with Crippen molar-refractivity contribution in [1.29, 1.82) is 0 Å². The minimum atomic E-state index is -4.38. The van der Waals surface area contributed by atoms with Gasteiger partial charge in [-0.15, -0.1) is 0 Å². The molecule has 0 spiro atoms. The Hall–Kier alpha value is -1.69. The Labute approximate surface area is 122 Å². The lowest BCUT2D eigenvalue weighted by atomic mass is 10.1. The van der Waals surface area contributed by atoms with E-state index in [-0.39, 0.29) is 5.69 Å². The van der Waals surface area contributed by atoms with Crippen LogP contribution in [0.2, 0.25) is 0 Å². The number of nitrogens with two attached hydrogens (primary N) is 1. The van der Waals surface area contributed by atoms with Crippen molar-refractivity contribution in [3.63, 3.8) is 0 Å². The maximum Gasteiger partial charge on any atom is 0.418 e. The number of rotatable bonds is 3. The normalized spacial score (nSPS) is 11.4. The van der Waals surface area contributed by atoms with E-state index in [1.165, 1.54) is 12.1 Å². The molecule has 0 saturated carbocycles. The van der Waals surface area contributed by atoms with Gasteiger partial charge in [0, 0.05) is 22.4 Å². The summed E-state index contributed by atoms with van der Waals surface area (Å²) < 4.78 is 39.2. The first-order valence-corrected chi connectivity index (χ1v) is 6.60. The van der Waals surface area contributed by atoms with Crippen LogP contribution in [0, 0.1) is 0 Å². The third kappa shape index (κ3) is 3.66. The van der Waals surface area contributed by atoms with Crippen LogP contribution in [0.1, 0.15) is 11.1 Å². The minimum absolute atomic E-state index is 0.0451. The summed E-state index contributed by atoms with van der Waals surface area (Å²) in [5.41, 5.74) is 6.39. The number of hydrogen-bond donors (Lipinski definition) is 2. The molecule has 0 atom stereocenters. The lowest BCUT2D eigenvalue weighted by Gasteiger charge is -2.15. The van der Waals surface area contributed by atoms with Crippen LogP contribution in [-0.4, -0.2) is 0 Å². The first-order valence-electron chi connectivity index (χ1n) is 5.81. The molecule has 6 heteroatoms. The van der Waals surface area contributed by atoms with Gasteiger partial charge in [-0.05, 0) is 35.9 Å². The van der Waals surface area contributed by atoms with Gasteiger partial charge in [0.2, 0.25) is 0 Å². The van der Waals surface area contributed by atoms with Gasteiger partial charge in [0.1, 0.15) is 0 Å². The van der Waals surface area contributed by atoms with E-state index >= 15 is 0 Å². The summed E-state index contributed by atoms with van der Waals surface area (Å²) >= 11 is 3.17. The van der Waals surface area contributed by atoms with E-state index in [0.717, 1.165) is 11.6 Å². The number of halogens is 4. The molecule has 0 aromatic heterocycles. The molecular weight excluding hydrogens is 333 g/mol. The number of nitrogens with one attached hydrogen (secondary N) is 1. The summed E-state index contributed by atoms with van der Waals surface area (Å²) in [5.74, 6) is 0. The van der Waals surface area contributed by atoms with E-state index in [9.17, 15) is 13.2 Å². The third-order valence-electron chi connectivity index (χ3n) is 2.75. The van der Waals surface area contributed by atoms with E-state index in [1.807, 2.05) is 0 Å². The molecule has 20 heavy (non-hydrogen) atoms. The summed E-state index contributed by atoms with van der Waals surface area (Å²) in [4.78, 5) is 0. The Bertz CT molecular complexity index is 594. The van der Waals surface area contributed by atoms with Crippen LogP contribution in [0.3, 0.4) is 0 Å². The molecule has 0 bridgehead atoms. The highest BCUT2D eigenvalue weighted by atomic mass is 79.9. The second kappa shape index (κ2) is 5.75. The zero-order valence-corrected chi connectivity index (χ0v) is 11.9. The molecule has 2 rings (SSSR count). The maximum absolute atomic E-state index is 12.9. The Kier molecular flexibility index (Phi) is 4.23. The van der Waals surface area contributed by atoms with Crippen molar-refractivity contribution in [3.05, 3.63) is 58.1 Å². The van der Waals surface area contributed by atoms with Crippen LogP contribution in [0.15, 0.2) is 46.9 Å². The Morgan fingerprint density at radius 1 is 1.05 bits per heavy atom. The van der Waals surface area contributed by atoms with Gasteiger partial charge in [-0.25, -0.2) is 0 Å². The minimum Gasteiger partial charge on any atom is -0.399 e. The Morgan fingerprint density at radius 2 is 1.70 bits per heavy atom. The lowest BCUT2D eigenvalue weighted by Crippen LogP contribution is -2.10. The number of anilines is 2. The van der Waals surface area contributed by atoms with E-state index in [0.29, 0.717) is 16.7 Å². The quantitative estimate of drug-likeness (QED) is 0.794. The summed E-state index contributed by atoms with van der Waals surface area (Å²) in [7, 11) is 0. The van der Waals surface area contributed by atoms with Crippen LogP contribution in [0.25, 0.3) is 0 Å². The van der Waals surface area contributed by atoms with Crippen molar-refractivity contribution in [1.82, 2.24) is 0 Å². The SMILES string of the molecule is Nc1ccc(CNc2cc(Br)ccc2C(F)(F)F)cc1. The number of alkyl halides is 3. The van der Waals surface area contributed by atoms with Gasteiger partial charge in [0.15, 0.2) is 0 Å². The lowest BCUT2D eigenvalue weighted by molar-refractivity contribution is -0.137. The molecule has 0 aliphatic rings. The zero-order chi connectivity index (χ0) is 14.8. The highest BCUT2D eigenvalue weighted by molar-refractivity contribution is 9.10. The Morgan fingerprint density at radius 3 is 2.30 bits per heavy atom.